The first kappa shape index (κ1) is 26.7. The molecular formula is C24H23F4N3O5. The fraction of sp³-hybridized carbons (Fsp3) is 0.292. The van der Waals surface area contributed by atoms with Crippen LogP contribution in [0.1, 0.15) is 24.2 Å². The number of carbonyl (C=O) groups excluding carboxylic acids is 1. The van der Waals surface area contributed by atoms with Crippen molar-refractivity contribution in [2.75, 3.05) is 11.9 Å². The van der Waals surface area contributed by atoms with Gasteiger partial charge < -0.3 is 19.9 Å². The topological polar surface area (TPSA) is 103 Å². The Labute approximate surface area is 203 Å². The third-order valence-corrected chi connectivity index (χ3v) is 4.60. The van der Waals surface area contributed by atoms with Crippen LogP contribution in [-0.2, 0) is 6.54 Å². The molecule has 0 bridgehead atoms. The van der Waals surface area contributed by atoms with Crippen LogP contribution in [0.2, 0.25) is 0 Å². The van der Waals surface area contributed by atoms with Crippen molar-refractivity contribution < 1.29 is 36.9 Å². The van der Waals surface area contributed by atoms with Crippen LogP contribution in [0.25, 0.3) is 11.3 Å². The Hall–Kier alpha value is -3.93. The number of nitrogens with zero attached hydrogens (tertiary/aromatic N) is 2. The van der Waals surface area contributed by atoms with Gasteiger partial charge in [-0.05, 0) is 50.2 Å². The van der Waals surface area contributed by atoms with Gasteiger partial charge in [0.1, 0.15) is 29.4 Å². The lowest BCUT2D eigenvalue weighted by Crippen LogP contribution is -2.32. The van der Waals surface area contributed by atoms with E-state index in [-0.39, 0.29) is 40.6 Å². The number of halogens is 4. The molecule has 8 nitrogen and oxygen atoms in total. The summed E-state index contributed by atoms with van der Waals surface area (Å²) in [5.74, 6) is -1.01. The van der Waals surface area contributed by atoms with Gasteiger partial charge >= 0.3 is 6.61 Å². The van der Waals surface area contributed by atoms with E-state index in [1.807, 2.05) is 0 Å². The zero-order valence-corrected chi connectivity index (χ0v) is 19.3. The minimum Gasteiger partial charge on any atom is -0.487 e. The van der Waals surface area contributed by atoms with Crippen LogP contribution in [0.15, 0.2) is 59.5 Å². The highest BCUT2D eigenvalue weighted by atomic mass is 19.3. The highest BCUT2D eigenvalue weighted by molar-refractivity contribution is 6.04. The molecule has 2 N–H and O–H groups in total. The zero-order chi connectivity index (χ0) is 26.5. The Balaban J connectivity index is 2.02. The normalized spacial score (nSPS) is 11.6. The number of alkyl halides is 4. The van der Waals surface area contributed by atoms with Gasteiger partial charge in [0.25, 0.3) is 12.3 Å². The molecule has 0 unspecified atom stereocenters. The zero-order valence-electron chi connectivity index (χ0n) is 19.3. The van der Waals surface area contributed by atoms with E-state index < -0.39 is 36.6 Å². The number of hydrogen-bond acceptors (Lipinski definition) is 6. The summed E-state index contributed by atoms with van der Waals surface area (Å²) in [7, 11) is 0. The lowest BCUT2D eigenvalue weighted by atomic mass is 10.1. The maximum absolute atomic E-state index is 13.3. The lowest BCUT2D eigenvalue weighted by Gasteiger charge is -2.20. The summed E-state index contributed by atoms with van der Waals surface area (Å²) in [4.78, 5) is 26.3. The molecule has 192 valence electrons. The first-order chi connectivity index (χ1) is 16.9. The molecule has 0 atom stereocenters. The van der Waals surface area contributed by atoms with Crippen molar-refractivity contribution in [2.45, 2.75) is 39.0 Å². The van der Waals surface area contributed by atoms with Crippen molar-refractivity contribution in [1.29, 1.82) is 0 Å². The molecule has 0 aliphatic carbocycles. The van der Waals surface area contributed by atoms with Crippen LogP contribution in [0, 0.1) is 0 Å². The van der Waals surface area contributed by atoms with Gasteiger partial charge in [0, 0.05) is 17.4 Å². The van der Waals surface area contributed by atoms with Crippen LogP contribution < -0.4 is 20.2 Å². The average molecular weight is 509 g/mol. The molecule has 0 aliphatic heterocycles. The van der Waals surface area contributed by atoms with Crippen molar-refractivity contribution in [3.63, 3.8) is 0 Å². The van der Waals surface area contributed by atoms with Gasteiger partial charge in [0.15, 0.2) is 0 Å². The van der Waals surface area contributed by atoms with Crippen LogP contribution in [0.3, 0.4) is 0 Å². The van der Waals surface area contributed by atoms with Gasteiger partial charge in [-0.1, -0.05) is 12.1 Å². The first-order valence-electron chi connectivity index (χ1n) is 10.6. The molecule has 12 heteroatoms. The number of anilines is 1. The van der Waals surface area contributed by atoms with Crippen LogP contribution in [0.5, 0.6) is 11.5 Å². The summed E-state index contributed by atoms with van der Waals surface area (Å²) in [6, 6.07) is 10.9. The fourth-order valence-electron chi connectivity index (χ4n) is 3.21. The molecule has 3 aromatic rings. The number of aliphatic hydroxyl groups is 1. The predicted octanol–water partition coefficient (Wildman–Crippen LogP) is 4.18. The van der Waals surface area contributed by atoms with Crippen molar-refractivity contribution in [2.24, 2.45) is 0 Å². The van der Waals surface area contributed by atoms with Crippen molar-refractivity contribution in [3.8, 4) is 22.8 Å². The smallest absolute Gasteiger partial charge is 0.387 e. The Morgan fingerprint density at radius 3 is 2.39 bits per heavy atom. The van der Waals surface area contributed by atoms with Gasteiger partial charge in [0.05, 0.1) is 12.1 Å². The second-order valence-electron chi connectivity index (χ2n) is 8.29. The van der Waals surface area contributed by atoms with Crippen LogP contribution in [0.4, 0.5) is 23.2 Å². The second kappa shape index (κ2) is 11.2. The van der Waals surface area contributed by atoms with E-state index in [4.69, 9.17) is 4.74 Å². The number of benzene rings is 2. The monoisotopic (exact) mass is 509 g/mol. The molecule has 0 fully saturated rings. The highest BCUT2D eigenvalue weighted by Crippen LogP contribution is 2.27. The number of hydrogen-bond donors (Lipinski definition) is 2. The van der Waals surface area contributed by atoms with Gasteiger partial charge in [-0.3, -0.25) is 14.3 Å². The van der Waals surface area contributed by atoms with Gasteiger partial charge in [0.2, 0.25) is 5.43 Å². The number of carbonyl (C=O) groups is 1. The molecule has 1 heterocycles. The lowest BCUT2D eigenvalue weighted by molar-refractivity contribution is -0.0498. The maximum Gasteiger partial charge on any atom is 0.387 e. The minimum atomic E-state index is -3.01. The average Bonchev–Trinajstić information content (AvgIpc) is 2.79. The maximum atomic E-state index is 13.3. The van der Waals surface area contributed by atoms with E-state index in [2.05, 4.69) is 15.2 Å². The number of nitrogens with one attached hydrogen (secondary N) is 1. The van der Waals surface area contributed by atoms with Crippen LogP contribution >= 0.6 is 0 Å². The molecule has 1 aromatic heterocycles. The highest BCUT2D eigenvalue weighted by Gasteiger charge is 2.23. The number of para-hydroxylation sites is 1. The number of ether oxygens (including phenoxy) is 2. The standard InChI is InChI=1S/C24H23F4N3O5/c1-24(2,34)13-31-11-17(22(33)29-14-7-9-15(10-8-14)36-23(27)28)21(32)20(30-31)16-5-3-4-6-18(16)35-12-19(25)26/h3-11,19,23,34H,12-13H2,1-2H3,(H,29,33). The molecule has 1 amide bonds. The molecule has 36 heavy (non-hydrogen) atoms. The number of rotatable bonds is 10. The second-order valence-corrected chi connectivity index (χ2v) is 8.29. The van der Waals surface area contributed by atoms with E-state index in [1.54, 1.807) is 6.07 Å². The summed E-state index contributed by atoms with van der Waals surface area (Å²) in [5, 5.41) is 16.9. The van der Waals surface area contributed by atoms with Gasteiger partial charge in [-0.2, -0.15) is 13.9 Å². The molecule has 0 radical (unpaired) electrons. The summed E-state index contributed by atoms with van der Waals surface area (Å²) in [6.07, 6.45) is -1.61. The first-order valence-corrected chi connectivity index (χ1v) is 10.6. The summed E-state index contributed by atoms with van der Waals surface area (Å²) < 4.78 is 60.7. The minimum absolute atomic E-state index is 0.0376. The SMILES string of the molecule is CC(C)(O)Cn1cc(C(=O)Nc2ccc(OC(F)F)cc2)c(=O)c(-c2ccccc2OCC(F)F)n1. The van der Waals surface area contributed by atoms with E-state index in [9.17, 15) is 32.3 Å². The van der Waals surface area contributed by atoms with Crippen LogP contribution in [-0.4, -0.2) is 46.0 Å². The molecule has 3 rings (SSSR count). The van der Waals surface area contributed by atoms with Crippen molar-refractivity contribution >= 4 is 11.6 Å². The molecule has 2 aromatic carbocycles. The Kier molecular flexibility index (Phi) is 8.30. The quantitative estimate of drug-likeness (QED) is 0.398. The van der Waals surface area contributed by atoms with E-state index in [0.29, 0.717) is 0 Å². The number of amides is 1. The summed E-state index contributed by atoms with van der Waals surface area (Å²) >= 11 is 0. The molecule has 0 saturated carbocycles. The number of aromatic nitrogens is 2. The largest absolute Gasteiger partial charge is 0.487 e. The van der Waals surface area contributed by atoms with Crippen molar-refractivity contribution in [1.82, 2.24) is 9.78 Å². The Morgan fingerprint density at radius 1 is 1.11 bits per heavy atom. The third kappa shape index (κ3) is 7.28. The molecular weight excluding hydrogens is 486 g/mol. The Morgan fingerprint density at radius 2 is 1.78 bits per heavy atom. The molecule has 0 saturated heterocycles. The van der Waals surface area contributed by atoms with E-state index in [0.717, 1.165) is 6.20 Å². The predicted molar refractivity (Wildman–Crippen MR) is 123 cm³/mol. The Bertz CT molecular complexity index is 1260. The summed E-state index contributed by atoms with van der Waals surface area (Å²) in [5.41, 5.74) is -2.44. The molecule has 0 aliphatic rings. The third-order valence-electron chi connectivity index (χ3n) is 4.60. The van der Waals surface area contributed by atoms with E-state index in [1.165, 1.54) is 61.0 Å². The summed E-state index contributed by atoms with van der Waals surface area (Å²) in [6.45, 7) is -1.05. The van der Waals surface area contributed by atoms with Crippen molar-refractivity contribution in [3.05, 3.63) is 70.5 Å². The van der Waals surface area contributed by atoms with Gasteiger partial charge in [-0.25, -0.2) is 8.78 Å². The fourth-order valence-corrected chi connectivity index (χ4v) is 3.21. The molecule has 0 spiro atoms. The van der Waals surface area contributed by atoms with Gasteiger partial charge in [-0.15, -0.1) is 0 Å². The van der Waals surface area contributed by atoms with E-state index >= 15 is 0 Å².